The van der Waals surface area contributed by atoms with E-state index in [1.807, 2.05) is 36.4 Å². The van der Waals surface area contributed by atoms with E-state index in [9.17, 15) is 9.59 Å². The fourth-order valence-electron chi connectivity index (χ4n) is 2.90. The van der Waals surface area contributed by atoms with E-state index >= 15 is 0 Å². The van der Waals surface area contributed by atoms with E-state index in [1.165, 1.54) is 22.9 Å². The average Bonchev–Trinajstić information content (AvgIpc) is 2.75. The first-order valence-electron chi connectivity index (χ1n) is 8.83. The number of nitrogens with one attached hydrogen (secondary N) is 1. The summed E-state index contributed by atoms with van der Waals surface area (Å²) in [6.07, 6.45) is 1.53. The molecule has 0 saturated heterocycles. The lowest BCUT2D eigenvalue weighted by atomic mass is 10.1. The molecule has 4 rings (SSSR count). The Morgan fingerprint density at radius 2 is 1.66 bits per heavy atom. The van der Waals surface area contributed by atoms with Crippen LogP contribution in [0.3, 0.4) is 0 Å². The molecule has 29 heavy (non-hydrogen) atoms. The molecule has 0 fully saturated rings. The van der Waals surface area contributed by atoms with Gasteiger partial charge in [0.2, 0.25) is 5.95 Å². The van der Waals surface area contributed by atoms with Crippen LogP contribution in [0.4, 0.5) is 5.95 Å². The number of fused-ring (bicyclic) bond motifs is 1. The van der Waals surface area contributed by atoms with Gasteiger partial charge in [-0.2, -0.15) is 5.10 Å². The number of anilines is 1. The van der Waals surface area contributed by atoms with Crippen LogP contribution in [0.2, 0.25) is 0 Å². The fraction of sp³-hybridized carbons (Fsp3) is 0. The molecule has 7 nitrogen and oxygen atoms in total. The number of para-hydroxylation sites is 2. The zero-order chi connectivity index (χ0) is 20.2. The molecule has 0 bridgehead atoms. The van der Waals surface area contributed by atoms with Gasteiger partial charge in [0, 0.05) is 0 Å². The van der Waals surface area contributed by atoms with Crippen LogP contribution in [0, 0.1) is 0 Å². The first-order chi connectivity index (χ1) is 14.1. The summed E-state index contributed by atoms with van der Waals surface area (Å²) in [5, 5.41) is 13.7. The lowest BCUT2D eigenvalue weighted by Crippen LogP contribution is -2.22. The number of rotatable bonds is 5. The summed E-state index contributed by atoms with van der Waals surface area (Å²) in [6.45, 7) is 0. The van der Waals surface area contributed by atoms with Gasteiger partial charge in [0.25, 0.3) is 5.56 Å². The van der Waals surface area contributed by atoms with E-state index in [2.05, 4.69) is 15.5 Å². The standard InChI is InChI=1S/C22H16N4O3/c27-20-18-8-4-5-9-19(18)24-22(26(20)17-6-2-1-3-7-17)25-23-14-15-10-12-16(13-11-15)21(28)29/h1-14H,(H,24,25)(H,28,29). The Bertz CT molecular complexity index is 1260. The molecule has 142 valence electrons. The van der Waals surface area contributed by atoms with Gasteiger partial charge in [0.15, 0.2) is 0 Å². The Balaban J connectivity index is 1.72. The number of carboxylic acid groups (broad SMARTS) is 1. The molecule has 1 heterocycles. The van der Waals surface area contributed by atoms with Crippen LogP contribution < -0.4 is 11.0 Å². The second kappa shape index (κ2) is 7.77. The van der Waals surface area contributed by atoms with Crippen molar-refractivity contribution in [1.82, 2.24) is 9.55 Å². The summed E-state index contributed by atoms with van der Waals surface area (Å²) in [7, 11) is 0. The third kappa shape index (κ3) is 3.74. The lowest BCUT2D eigenvalue weighted by molar-refractivity contribution is 0.0697. The minimum Gasteiger partial charge on any atom is -0.478 e. The maximum absolute atomic E-state index is 13.1. The van der Waals surface area contributed by atoms with E-state index in [1.54, 1.807) is 30.3 Å². The van der Waals surface area contributed by atoms with Crippen molar-refractivity contribution >= 4 is 29.0 Å². The molecule has 2 N–H and O–H groups in total. The van der Waals surface area contributed by atoms with Crippen LogP contribution >= 0.6 is 0 Å². The topological polar surface area (TPSA) is 96.6 Å². The van der Waals surface area contributed by atoms with E-state index in [0.717, 1.165) is 0 Å². The summed E-state index contributed by atoms with van der Waals surface area (Å²) in [5.74, 6) is -0.711. The summed E-state index contributed by atoms with van der Waals surface area (Å²) in [6, 6.07) is 22.6. The first kappa shape index (κ1) is 18.1. The van der Waals surface area contributed by atoms with Gasteiger partial charge in [-0.1, -0.05) is 42.5 Å². The zero-order valence-corrected chi connectivity index (χ0v) is 15.2. The zero-order valence-electron chi connectivity index (χ0n) is 15.2. The predicted octanol–water partition coefficient (Wildman–Crippen LogP) is 3.53. The highest BCUT2D eigenvalue weighted by molar-refractivity contribution is 5.89. The quantitative estimate of drug-likeness (QED) is 0.405. The maximum atomic E-state index is 13.1. The Kier molecular flexibility index (Phi) is 4.86. The Labute approximate surface area is 165 Å². The van der Waals surface area contributed by atoms with Crippen LogP contribution in [0.15, 0.2) is 88.8 Å². The molecule has 4 aromatic rings. The number of hydrazone groups is 1. The second-order valence-electron chi connectivity index (χ2n) is 6.23. The molecule has 0 aliphatic rings. The van der Waals surface area contributed by atoms with E-state index < -0.39 is 5.97 Å². The van der Waals surface area contributed by atoms with Crippen LogP contribution in [0.5, 0.6) is 0 Å². The number of aromatic nitrogens is 2. The van der Waals surface area contributed by atoms with Crippen LogP contribution in [-0.4, -0.2) is 26.8 Å². The van der Waals surface area contributed by atoms with Crippen molar-refractivity contribution in [1.29, 1.82) is 0 Å². The maximum Gasteiger partial charge on any atom is 0.335 e. The molecule has 0 radical (unpaired) electrons. The minimum absolute atomic E-state index is 0.198. The lowest BCUT2D eigenvalue weighted by Gasteiger charge is -2.12. The smallest absolute Gasteiger partial charge is 0.335 e. The van der Waals surface area contributed by atoms with Gasteiger partial charge in [-0.3, -0.25) is 4.79 Å². The van der Waals surface area contributed by atoms with E-state index in [-0.39, 0.29) is 17.1 Å². The van der Waals surface area contributed by atoms with Crippen molar-refractivity contribution < 1.29 is 9.90 Å². The monoisotopic (exact) mass is 384 g/mol. The molecule has 0 atom stereocenters. The van der Waals surface area contributed by atoms with Crippen LogP contribution in [0.25, 0.3) is 16.6 Å². The molecule has 3 aromatic carbocycles. The summed E-state index contributed by atoms with van der Waals surface area (Å²) >= 11 is 0. The molecule has 0 aliphatic carbocycles. The third-order valence-electron chi connectivity index (χ3n) is 4.33. The van der Waals surface area contributed by atoms with Crippen molar-refractivity contribution in [2.75, 3.05) is 5.43 Å². The van der Waals surface area contributed by atoms with Gasteiger partial charge in [-0.25, -0.2) is 19.8 Å². The Morgan fingerprint density at radius 3 is 2.38 bits per heavy atom. The van der Waals surface area contributed by atoms with Gasteiger partial charge < -0.3 is 5.11 Å². The summed E-state index contributed by atoms with van der Waals surface area (Å²) in [5.41, 5.74) is 4.77. The molecule has 0 amide bonds. The highest BCUT2D eigenvalue weighted by Crippen LogP contribution is 2.16. The normalized spacial score (nSPS) is 11.0. The number of nitrogens with zero attached hydrogens (tertiary/aromatic N) is 3. The van der Waals surface area contributed by atoms with Crippen LogP contribution in [-0.2, 0) is 0 Å². The second-order valence-corrected chi connectivity index (χ2v) is 6.23. The number of aromatic carboxylic acids is 1. The molecular formula is C22H16N4O3. The molecule has 1 aromatic heterocycles. The third-order valence-corrected chi connectivity index (χ3v) is 4.33. The number of benzene rings is 3. The van der Waals surface area contributed by atoms with Gasteiger partial charge in [-0.05, 0) is 42.0 Å². The number of carbonyl (C=O) groups is 1. The highest BCUT2D eigenvalue weighted by atomic mass is 16.4. The van der Waals surface area contributed by atoms with Gasteiger partial charge in [-0.15, -0.1) is 0 Å². The number of hydrogen-bond donors (Lipinski definition) is 2. The van der Waals surface area contributed by atoms with Crippen molar-refractivity contribution in [3.05, 3.63) is 100 Å². The largest absolute Gasteiger partial charge is 0.478 e. The number of hydrogen-bond acceptors (Lipinski definition) is 5. The molecular weight excluding hydrogens is 368 g/mol. The summed E-state index contributed by atoms with van der Waals surface area (Å²) < 4.78 is 1.47. The predicted molar refractivity (Wildman–Crippen MR) is 112 cm³/mol. The molecule has 0 spiro atoms. The Hall–Kier alpha value is -4.26. The van der Waals surface area contributed by atoms with E-state index in [0.29, 0.717) is 22.2 Å². The van der Waals surface area contributed by atoms with Crippen LogP contribution in [0.1, 0.15) is 15.9 Å². The minimum atomic E-state index is -0.987. The van der Waals surface area contributed by atoms with Gasteiger partial charge >= 0.3 is 5.97 Å². The average molecular weight is 384 g/mol. The van der Waals surface area contributed by atoms with Crippen molar-refractivity contribution in [2.45, 2.75) is 0 Å². The van der Waals surface area contributed by atoms with Gasteiger partial charge in [0.1, 0.15) is 0 Å². The van der Waals surface area contributed by atoms with Crippen molar-refractivity contribution in [2.24, 2.45) is 5.10 Å². The SMILES string of the molecule is O=C(O)c1ccc(C=NNc2nc3ccccc3c(=O)n2-c2ccccc2)cc1. The van der Waals surface area contributed by atoms with Crippen molar-refractivity contribution in [3.8, 4) is 5.69 Å². The number of carboxylic acids is 1. The van der Waals surface area contributed by atoms with Crippen molar-refractivity contribution in [3.63, 3.8) is 0 Å². The molecule has 7 heteroatoms. The van der Waals surface area contributed by atoms with Gasteiger partial charge in [0.05, 0.1) is 28.4 Å². The van der Waals surface area contributed by atoms with E-state index in [4.69, 9.17) is 5.11 Å². The summed E-state index contributed by atoms with van der Waals surface area (Å²) in [4.78, 5) is 28.5. The molecule has 0 unspecified atom stereocenters. The highest BCUT2D eigenvalue weighted by Gasteiger charge is 2.12. The first-order valence-corrected chi connectivity index (χ1v) is 8.83. The Morgan fingerprint density at radius 1 is 0.966 bits per heavy atom. The molecule has 0 aliphatic heterocycles. The molecule has 0 saturated carbocycles. The fourth-order valence-corrected chi connectivity index (χ4v) is 2.90.